The Bertz CT molecular complexity index is 1370. The molecule has 0 amide bonds. The van der Waals surface area contributed by atoms with E-state index in [1.807, 2.05) is 72.1 Å². The summed E-state index contributed by atoms with van der Waals surface area (Å²) in [5, 5.41) is 11.0. The lowest BCUT2D eigenvalue weighted by molar-refractivity contribution is 0.0626. The molecule has 0 bridgehead atoms. The van der Waals surface area contributed by atoms with Gasteiger partial charge in [-0.15, -0.1) is 11.8 Å². The zero-order valence-corrected chi connectivity index (χ0v) is 24.4. The van der Waals surface area contributed by atoms with E-state index in [2.05, 4.69) is 48.5 Å². The number of hydrogen-bond donors (Lipinski definition) is 1. The quantitative estimate of drug-likeness (QED) is 0.157. The number of aliphatic hydroxyl groups is 1. The molecule has 6 rings (SSSR count). The number of aliphatic hydroxyl groups excluding tert-OH is 1. The fourth-order valence-electron chi connectivity index (χ4n) is 4.31. The molecule has 1 N–H and O–H groups in total. The number of hydrogen-bond acceptors (Lipinski definition) is 7. The van der Waals surface area contributed by atoms with Gasteiger partial charge in [-0.05, 0) is 83.6 Å². The topological polar surface area (TPSA) is 57.2 Å². The maximum absolute atomic E-state index is 10.4. The Hall–Kier alpha value is -3.26. The van der Waals surface area contributed by atoms with Crippen molar-refractivity contribution < 1.29 is 24.1 Å². The van der Waals surface area contributed by atoms with Crippen LogP contribution in [0.3, 0.4) is 0 Å². The second-order valence-electron chi connectivity index (χ2n) is 10.4. The molecule has 2 saturated heterocycles. The highest BCUT2D eigenvalue weighted by Gasteiger charge is 2.24. The van der Waals surface area contributed by atoms with Crippen LogP contribution in [0, 0.1) is 0 Å². The predicted molar refractivity (Wildman–Crippen MR) is 167 cm³/mol. The smallest absolute Gasteiger partial charge is 0.153 e. The SMILES string of the molecule is OC(COc1ccc(Cc2ccc(OCC3CS3)cc2)cc1)COc1ccc(Cc2ccc(OC3CS3)cc2)cc1. The maximum atomic E-state index is 10.4. The van der Waals surface area contributed by atoms with Crippen molar-refractivity contribution in [1.82, 2.24) is 0 Å². The van der Waals surface area contributed by atoms with Gasteiger partial charge in [-0.2, -0.15) is 11.8 Å². The number of ether oxygens (including phenoxy) is 4. The molecule has 2 fully saturated rings. The highest BCUT2D eigenvalue weighted by atomic mass is 32.2. The van der Waals surface area contributed by atoms with Gasteiger partial charge in [0.15, 0.2) is 5.44 Å². The molecular formula is C34H34O5S2. The minimum atomic E-state index is -0.733. The molecule has 2 aliphatic rings. The maximum Gasteiger partial charge on any atom is 0.153 e. The first-order valence-corrected chi connectivity index (χ1v) is 16.1. The second kappa shape index (κ2) is 13.6. The predicted octanol–water partition coefficient (Wildman–Crippen LogP) is 6.63. The Morgan fingerprint density at radius 1 is 0.561 bits per heavy atom. The summed E-state index contributed by atoms with van der Waals surface area (Å²) in [4.78, 5) is 0. The number of rotatable bonds is 15. The Morgan fingerprint density at radius 2 is 0.951 bits per heavy atom. The minimum absolute atomic E-state index is 0.164. The van der Waals surface area contributed by atoms with Gasteiger partial charge in [0, 0.05) is 16.8 Å². The van der Waals surface area contributed by atoms with Crippen LogP contribution in [0.2, 0.25) is 0 Å². The van der Waals surface area contributed by atoms with Gasteiger partial charge in [-0.25, -0.2) is 0 Å². The summed E-state index contributed by atoms with van der Waals surface area (Å²) < 4.78 is 23.2. The van der Waals surface area contributed by atoms with Crippen LogP contribution >= 0.6 is 23.5 Å². The van der Waals surface area contributed by atoms with Gasteiger partial charge < -0.3 is 24.1 Å². The lowest BCUT2D eigenvalue weighted by atomic mass is 10.0. The van der Waals surface area contributed by atoms with Crippen LogP contribution < -0.4 is 18.9 Å². The van der Waals surface area contributed by atoms with Crippen molar-refractivity contribution in [3.63, 3.8) is 0 Å². The molecule has 0 radical (unpaired) electrons. The average molecular weight is 587 g/mol. The molecule has 0 aliphatic carbocycles. The lowest BCUT2D eigenvalue weighted by Crippen LogP contribution is -2.25. The Balaban J connectivity index is 0.891. The molecule has 5 nitrogen and oxygen atoms in total. The first kappa shape index (κ1) is 27.9. The van der Waals surface area contributed by atoms with Gasteiger partial charge in [0.2, 0.25) is 0 Å². The van der Waals surface area contributed by atoms with Gasteiger partial charge in [0.25, 0.3) is 0 Å². The standard InChI is InChI=1S/C34H34O5S2/c35-28(20-37-30-11-3-25(4-12-30)18-27-7-15-32(16-8-27)39-34-23-41-34)19-36-29-9-1-24(2-10-29)17-26-5-13-31(14-6-26)38-21-33-22-40-33/h1-16,28,33-35H,17-23H2. The van der Waals surface area contributed by atoms with Crippen LogP contribution in [0.4, 0.5) is 0 Å². The third-order valence-corrected chi connectivity index (χ3v) is 8.45. The molecule has 41 heavy (non-hydrogen) atoms. The van der Waals surface area contributed by atoms with E-state index in [0.29, 0.717) is 10.7 Å². The largest absolute Gasteiger partial charge is 0.492 e. The lowest BCUT2D eigenvalue weighted by Gasteiger charge is -2.14. The van der Waals surface area contributed by atoms with E-state index < -0.39 is 6.10 Å². The van der Waals surface area contributed by atoms with Crippen LogP contribution in [0.25, 0.3) is 0 Å². The fraction of sp³-hybridized carbons (Fsp3) is 0.294. The summed E-state index contributed by atoms with van der Waals surface area (Å²) in [6.07, 6.45) is 0.952. The summed E-state index contributed by atoms with van der Waals surface area (Å²) >= 11 is 3.77. The molecule has 7 heteroatoms. The van der Waals surface area contributed by atoms with Gasteiger partial charge in [0.05, 0.1) is 0 Å². The van der Waals surface area contributed by atoms with E-state index in [-0.39, 0.29) is 13.2 Å². The molecule has 3 unspecified atom stereocenters. The molecule has 2 heterocycles. The van der Waals surface area contributed by atoms with Crippen molar-refractivity contribution in [3.8, 4) is 23.0 Å². The van der Waals surface area contributed by atoms with E-state index in [1.54, 1.807) is 0 Å². The fourth-order valence-corrected chi connectivity index (χ4v) is 5.04. The molecule has 0 aromatic heterocycles. The minimum Gasteiger partial charge on any atom is -0.492 e. The summed E-state index contributed by atoms with van der Waals surface area (Å²) in [5.41, 5.74) is 5.20. The average Bonchev–Trinajstić information content (AvgIpc) is 3.94. The highest BCUT2D eigenvalue weighted by Crippen LogP contribution is 2.33. The van der Waals surface area contributed by atoms with E-state index >= 15 is 0 Å². The highest BCUT2D eigenvalue weighted by molar-refractivity contribution is 8.07. The van der Waals surface area contributed by atoms with Gasteiger partial charge in [-0.1, -0.05) is 48.5 Å². The van der Waals surface area contributed by atoms with Crippen molar-refractivity contribution in [2.24, 2.45) is 0 Å². The summed E-state index contributed by atoms with van der Waals surface area (Å²) in [7, 11) is 0. The van der Waals surface area contributed by atoms with Crippen LogP contribution in [0.5, 0.6) is 23.0 Å². The third kappa shape index (κ3) is 9.12. The second-order valence-corrected chi connectivity index (χ2v) is 12.9. The number of benzene rings is 4. The molecule has 4 aromatic rings. The van der Waals surface area contributed by atoms with Crippen molar-refractivity contribution >= 4 is 23.5 Å². The Kier molecular flexibility index (Phi) is 9.25. The van der Waals surface area contributed by atoms with Crippen LogP contribution in [0.1, 0.15) is 22.3 Å². The van der Waals surface area contributed by atoms with Crippen molar-refractivity contribution in [1.29, 1.82) is 0 Å². The van der Waals surface area contributed by atoms with E-state index in [1.165, 1.54) is 28.0 Å². The van der Waals surface area contributed by atoms with Crippen LogP contribution in [-0.2, 0) is 12.8 Å². The Morgan fingerprint density at radius 3 is 1.34 bits per heavy atom. The molecule has 4 aromatic carbocycles. The molecule has 3 atom stereocenters. The first-order chi connectivity index (χ1) is 20.1. The van der Waals surface area contributed by atoms with E-state index in [4.69, 9.17) is 18.9 Å². The summed E-state index contributed by atoms with van der Waals surface area (Å²) in [6.45, 7) is 1.13. The summed E-state index contributed by atoms with van der Waals surface area (Å²) in [6, 6.07) is 32.6. The van der Waals surface area contributed by atoms with E-state index in [0.717, 1.165) is 48.2 Å². The van der Waals surface area contributed by atoms with E-state index in [9.17, 15) is 5.11 Å². The summed E-state index contributed by atoms with van der Waals surface area (Å²) in [5.74, 6) is 5.61. The normalized spacial score (nSPS) is 17.9. The molecule has 0 saturated carbocycles. The van der Waals surface area contributed by atoms with Gasteiger partial charge in [0.1, 0.15) is 48.9 Å². The molecule has 0 spiro atoms. The van der Waals surface area contributed by atoms with Gasteiger partial charge in [-0.3, -0.25) is 0 Å². The molecular weight excluding hydrogens is 553 g/mol. The zero-order chi connectivity index (χ0) is 27.9. The first-order valence-electron chi connectivity index (χ1n) is 14.0. The Labute approximate surface area is 250 Å². The monoisotopic (exact) mass is 586 g/mol. The van der Waals surface area contributed by atoms with Crippen molar-refractivity contribution in [3.05, 3.63) is 119 Å². The molecule has 2 aliphatic heterocycles. The molecule has 212 valence electrons. The van der Waals surface area contributed by atoms with Crippen molar-refractivity contribution in [2.45, 2.75) is 29.6 Å². The third-order valence-electron chi connectivity index (χ3n) is 6.80. The number of thioether (sulfide) groups is 2. The van der Waals surface area contributed by atoms with Crippen LogP contribution in [0.15, 0.2) is 97.1 Å². The van der Waals surface area contributed by atoms with Crippen LogP contribution in [-0.4, -0.2) is 53.2 Å². The van der Waals surface area contributed by atoms with Crippen molar-refractivity contribution in [2.75, 3.05) is 31.3 Å². The van der Waals surface area contributed by atoms with Gasteiger partial charge >= 0.3 is 0 Å². The zero-order valence-electron chi connectivity index (χ0n) is 22.8.